The topological polar surface area (TPSA) is 29.3 Å². The van der Waals surface area contributed by atoms with Crippen molar-refractivity contribution in [1.29, 1.82) is 0 Å². The van der Waals surface area contributed by atoms with Crippen LogP contribution >= 0.6 is 11.8 Å². The van der Waals surface area contributed by atoms with Gasteiger partial charge in [-0.1, -0.05) is 17.8 Å². The Hall–Kier alpha value is -1.52. The fraction of sp³-hybridized carbons (Fsp3) is 0.250. The summed E-state index contributed by atoms with van der Waals surface area (Å²) < 4.78 is 13.4. The molecular weight excluding hydrogens is 271 g/mol. The molecule has 0 heterocycles. The van der Waals surface area contributed by atoms with Gasteiger partial charge >= 0.3 is 0 Å². The quantitative estimate of drug-likeness (QED) is 0.865. The van der Waals surface area contributed by atoms with E-state index in [1.165, 1.54) is 6.07 Å². The molecule has 0 radical (unpaired) electrons. The van der Waals surface area contributed by atoms with Crippen LogP contribution in [0.2, 0.25) is 0 Å². The van der Waals surface area contributed by atoms with Crippen molar-refractivity contribution in [2.75, 3.05) is 19.8 Å². The van der Waals surface area contributed by atoms with Crippen molar-refractivity contribution in [1.82, 2.24) is 4.90 Å². The fourth-order valence-electron chi connectivity index (χ4n) is 1.99. The van der Waals surface area contributed by atoms with E-state index >= 15 is 0 Å². The van der Waals surface area contributed by atoms with Crippen LogP contribution in [-0.2, 0) is 6.54 Å². The molecule has 0 aliphatic heterocycles. The van der Waals surface area contributed by atoms with Gasteiger partial charge in [0.25, 0.3) is 0 Å². The van der Waals surface area contributed by atoms with Crippen molar-refractivity contribution in [2.24, 2.45) is 0 Å². The molecule has 2 N–H and O–H groups in total. The van der Waals surface area contributed by atoms with E-state index in [4.69, 9.17) is 5.73 Å². The van der Waals surface area contributed by atoms with Gasteiger partial charge < -0.3 is 10.6 Å². The van der Waals surface area contributed by atoms with Gasteiger partial charge in [0.05, 0.1) is 0 Å². The summed E-state index contributed by atoms with van der Waals surface area (Å²) in [6.07, 6.45) is 0. The number of rotatable bonds is 4. The lowest BCUT2D eigenvalue weighted by molar-refractivity contribution is 0.398. The SMILES string of the molecule is Cc1ccc(Sc2ccc(F)cc2CN(C)C)c(N)c1. The number of hydrogen-bond donors (Lipinski definition) is 1. The van der Waals surface area contributed by atoms with Gasteiger partial charge in [0.15, 0.2) is 0 Å². The number of hydrogen-bond acceptors (Lipinski definition) is 3. The smallest absolute Gasteiger partial charge is 0.123 e. The zero-order valence-electron chi connectivity index (χ0n) is 12.0. The van der Waals surface area contributed by atoms with E-state index in [0.717, 1.165) is 26.6 Å². The van der Waals surface area contributed by atoms with Crippen molar-refractivity contribution in [3.8, 4) is 0 Å². The van der Waals surface area contributed by atoms with Crippen LogP contribution in [0.4, 0.5) is 10.1 Å². The van der Waals surface area contributed by atoms with Crippen molar-refractivity contribution in [3.05, 3.63) is 53.3 Å². The summed E-state index contributed by atoms with van der Waals surface area (Å²) in [4.78, 5) is 4.06. The van der Waals surface area contributed by atoms with E-state index in [9.17, 15) is 4.39 Å². The molecule has 2 aromatic rings. The number of nitrogen functional groups attached to an aromatic ring is 1. The summed E-state index contributed by atoms with van der Waals surface area (Å²) in [5.41, 5.74) is 8.92. The van der Waals surface area contributed by atoms with E-state index in [1.807, 2.05) is 50.2 Å². The summed E-state index contributed by atoms with van der Waals surface area (Å²) in [6, 6.07) is 10.9. The van der Waals surface area contributed by atoms with Gasteiger partial charge in [0, 0.05) is 22.0 Å². The zero-order chi connectivity index (χ0) is 14.7. The second-order valence-electron chi connectivity index (χ2n) is 5.13. The Balaban J connectivity index is 2.32. The Morgan fingerprint density at radius 2 is 1.80 bits per heavy atom. The third-order valence-electron chi connectivity index (χ3n) is 2.89. The summed E-state index contributed by atoms with van der Waals surface area (Å²) in [7, 11) is 3.94. The van der Waals surface area contributed by atoms with Crippen LogP contribution in [0, 0.1) is 12.7 Å². The first kappa shape index (κ1) is 14.9. The standard InChI is InChI=1S/C16H19FN2S/c1-11-4-6-16(14(18)8-11)20-15-7-5-13(17)9-12(15)10-19(2)3/h4-9H,10,18H2,1-3H3. The normalized spacial score (nSPS) is 11.1. The molecule has 0 saturated carbocycles. The molecule has 4 heteroatoms. The number of aryl methyl sites for hydroxylation is 1. The first-order chi connectivity index (χ1) is 9.45. The van der Waals surface area contributed by atoms with Gasteiger partial charge in [-0.3, -0.25) is 0 Å². The maximum absolute atomic E-state index is 13.4. The van der Waals surface area contributed by atoms with Crippen molar-refractivity contribution in [2.45, 2.75) is 23.3 Å². The van der Waals surface area contributed by atoms with Crippen LogP contribution in [0.1, 0.15) is 11.1 Å². The monoisotopic (exact) mass is 290 g/mol. The van der Waals surface area contributed by atoms with Crippen molar-refractivity contribution in [3.63, 3.8) is 0 Å². The molecular formula is C16H19FN2S. The number of anilines is 1. The molecule has 0 saturated heterocycles. The molecule has 0 amide bonds. The van der Waals surface area contributed by atoms with Gasteiger partial charge in [-0.05, 0) is 62.5 Å². The average molecular weight is 290 g/mol. The van der Waals surface area contributed by atoms with Crippen LogP contribution in [0.3, 0.4) is 0 Å². The van der Waals surface area contributed by atoms with Gasteiger partial charge in [0.2, 0.25) is 0 Å². The summed E-state index contributed by atoms with van der Waals surface area (Å²) >= 11 is 1.58. The maximum Gasteiger partial charge on any atom is 0.123 e. The number of nitrogens with zero attached hydrogens (tertiary/aromatic N) is 1. The van der Waals surface area contributed by atoms with Crippen molar-refractivity contribution < 1.29 is 4.39 Å². The Kier molecular flexibility index (Phi) is 4.68. The predicted molar refractivity (Wildman–Crippen MR) is 83.5 cm³/mol. The highest BCUT2D eigenvalue weighted by Gasteiger charge is 2.09. The first-order valence-electron chi connectivity index (χ1n) is 6.43. The molecule has 0 atom stereocenters. The predicted octanol–water partition coefficient (Wildman–Crippen LogP) is 3.93. The lowest BCUT2D eigenvalue weighted by Gasteiger charge is -2.15. The Morgan fingerprint density at radius 3 is 2.45 bits per heavy atom. The third kappa shape index (κ3) is 3.74. The number of benzene rings is 2. The summed E-state index contributed by atoms with van der Waals surface area (Å²) in [5, 5.41) is 0. The van der Waals surface area contributed by atoms with Crippen LogP contribution in [0.5, 0.6) is 0 Å². The van der Waals surface area contributed by atoms with E-state index < -0.39 is 0 Å². The van der Waals surface area contributed by atoms with Crippen LogP contribution < -0.4 is 5.73 Å². The lowest BCUT2D eigenvalue weighted by atomic mass is 10.2. The molecule has 0 bridgehead atoms. The average Bonchev–Trinajstić information content (AvgIpc) is 2.34. The molecule has 0 unspecified atom stereocenters. The Morgan fingerprint density at radius 1 is 1.10 bits per heavy atom. The van der Waals surface area contributed by atoms with Crippen LogP contribution in [-0.4, -0.2) is 19.0 Å². The molecule has 0 spiro atoms. The van der Waals surface area contributed by atoms with Crippen LogP contribution in [0.15, 0.2) is 46.2 Å². The molecule has 0 aliphatic carbocycles. The second kappa shape index (κ2) is 6.29. The van der Waals surface area contributed by atoms with E-state index in [-0.39, 0.29) is 5.82 Å². The van der Waals surface area contributed by atoms with Gasteiger partial charge in [-0.2, -0.15) is 0 Å². The van der Waals surface area contributed by atoms with Gasteiger partial charge in [-0.15, -0.1) is 0 Å². The zero-order valence-corrected chi connectivity index (χ0v) is 12.8. The molecule has 2 nitrogen and oxygen atoms in total. The number of halogens is 1. The van der Waals surface area contributed by atoms with Gasteiger partial charge in [-0.25, -0.2) is 4.39 Å². The third-order valence-corrected chi connectivity index (χ3v) is 4.10. The molecule has 2 aromatic carbocycles. The number of nitrogens with two attached hydrogens (primary N) is 1. The highest BCUT2D eigenvalue weighted by atomic mass is 32.2. The fourth-order valence-corrected chi connectivity index (χ4v) is 2.93. The molecule has 0 aliphatic rings. The summed E-state index contributed by atoms with van der Waals surface area (Å²) in [6.45, 7) is 2.71. The Bertz CT molecular complexity index is 611. The summed E-state index contributed by atoms with van der Waals surface area (Å²) in [5.74, 6) is -0.205. The van der Waals surface area contributed by atoms with E-state index in [1.54, 1.807) is 17.8 Å². The van der Waals surface area contributed by atoms with Crippen LogP contribution in [0.25, 0.3) is 0 Å². The maximum atomic E-state index is 13.4. The molecule has 0 fully saturated rings. The highest BCUT2D eigenvalue weighted by molar-refractivity contribution is 7.99. The second-order valence-corrected chi connectivity index (χ2v) is 6.22. The minimum Gasteiger partial charge on any atom is -0.398 e. The molecule has 20 heavy (non-hydrogen) atoms. The van der Waals surface area contributed by atoms with Gasteiger partial charge in [0.1, 0.15) is 5.82 Å². The minimum atomic E-state index is -0.205. The molecule has 2 rings (SSSR count). The lowest BCUT2D eigenvalue weighted by Crippen LogP contribution is -2.11. The molecule has 106 valence electrons. The Labute approximate surface area is 123 Å². The first-order valence-corrected chi connectivity index (χ1v) is 7.24. The van der Waals surface area contributed by atoms with Crippen molar-refractivity contribution >= 4 is 17.4 Å². The largest absolute Gasteiger partial charge is 0.398 e. The van der Waals surface area contributed by atoms with E-state index in [2.05, 4.69) is 0 Å². The molecule has 0 aromatic heterocycles. The minimum absolute atomic E-state index is 0.205. The highest BCUT2D eigenvalue weighted by Crippen LogP contribution is 2.35. The van der Waals surface area contributed by atoms with E-state index in [0.29, 0.717) is 6.54 Å².